The lowest BCUT2D eigenvalue weighted by atomic mass is 9.95. The molecule has 1 atom stereocenters. The fourth-order valence-electron chi connectivity index (χ4n) is 2.44. The van der Waals surface area contributed by atoms with Crippen LogP contribution in [0.2, 0.25) is 0 Å². The van der Waals surface area contributed by atoms with E-state index in [1.165, 1.54) is 5.01 Å². The molecule has 1 aliphatic rings. The molecule has 1 amide bonds. The van der Waals surface area contributed by atoms with Crippen molar-refractivity contribution in [2.45, 2.75) is 13.3 Å². The Morgan fingerprint density at radius 2 is 1.60 bits per heavy atom. The van der Waals surface area contributed by atoms with E-state index in [9.17, 15) is 4.79 Å². The van der Waals surface area contributed by atoms with E-state index in [1.54, 1.807) is 0 Å². The monoisotopic (exact) mass is 264 g/mol. The van der Waals surface area contributed by atoms with Crippen molar-refractivity contribution >= 4 is 17.3 Å². The van der Waals surface area contributed by atoms with E-state index in [1.807, 2.05) is 67.6 Å². The standard InChI is InChI=1S/C17H16N2O/c1-13-16(12-14-8-4-2-5-9-14)17(20)19(18-13)15-10-6-3-7-11-15/h2-11,16H,12H2,1H3/t16-/m1/s1. The van der Waals surface area contributed by atoms with E-state index in [0.717, 1.165) is 17.0 Å². The summed E-state index contributed by atoms with van der Waals surface area (Å²) in [5, 5.41) is 5.93. The maximum Gasteiger partial charge on any atom is 0.256 e. The molecular weight excluding hydrogens is 248 g/mol. The number of benzene rings is 2. The van der Waals surface area contributed by atoms with E-state index in [4.69, 9.17) is 0 Å². The van der Waals surface area contributed by atoms with Crippen LogP contribution in [0.5, 0.6) is 0 Å². The van der Waals surface area contributed by atoms with E-state index in [0.29, 0.717) is 6.42 Å². The largest absolute Gasteiger partial charge is 0.272 e. The third-order valence-corrected chi connectivity index (χ3v) is 3.55. The summed E-state index contributed by atoms with van der Waals surface area (Å²) in [7, 11) is 0. The van der Waals surface area contributed by atoms with Gasteiger partial charge in [-0.2, -0.15) is 5.10 Å². The minimum absolute atomic E-state index is 0.0533. The van der Waals surface area contributed by atoms with Gasteiger partial charge in [0.2, 0.25) is 0 Å². The summed E-state index contributed by atoms with van der Waals surface area (Å²) in [5.74, 6) is -0.102. The van der Waals surface area contributed by atoms with Crippen LogP contribution in [0.4, 0.5) is 5.69 Å². The molecule has 0 aromatic heterocycles. The Kier molecular flexibility index (Phi) is 3.33. The Bertz CT molecular complexity index is 635. The van der Waals surface area contributed by atoms with Crippen molar-refractivity contribution < 1.29 is 4.79 Å². The topological polar surface area (TPSA) is 32.7 Å². The Morgan fingerprint density at radius 3 is 2.25 bits per heavy atom. The molecule has 0 spiro atoms. The molecule has 2 aromatic rings. The Morgan fingerprint density at radius 1 is 1.00 bits per heavy atom. The SMILES string of the molecule is CC1=NN(c2ccccc2)C(=O)[C@@H]1Cc1ccccc1. The highest BCUT2D eigenvalue weighted by Gasteiger charge is 2.34. The highest BCUT2D eigenvalue weighted by Crippen LogP contribution is 2.25. The van der Waals surface area contributed by atoms with Crippen LogP contribution in [0.15, 0.2) is 65.8 Å². The van der Waals surface area contributed by atoms with Crippen LogP contribution in [0, 0.1) is 5.92 Å². The Balaban J connectivity index is 1.82. The van der Waals surface area contributed by atoms with Crippen LogP contribution < -0.4 is 5.01 Å². The molecule has 0 aliphatic carbocycles. The van der Waals surface area contributed by atoms with Gasteiger partial charge in [-0.3, -0.25) is 4.79 Å². The molecule has 100 valence electrons. The van der Waals surface area contributed by atoms with Crippen molar-refractivity contribution in [3.63, 3.8) is 0 Å². The van der Waals surface area contributed by atoms with Crippen molar-refractivity contribution in [3.05, 3.63) is 66.2 Å². The van der Waals surface area contributed by atoms with Crippen molar-refractivity contribution in [2.24, 2.45) is 11.0 Å². The van der Waals surface area contributed by atoms with Crippen LogP contribution in [-0.4, -0.2) is 11.6 Å². The number of hydrogen-bond donors (Lipinski definition) is 0. The average Bonchev–Trinajstić information content (AvgIpc) is 2.77. The molecule has 1 aliphatic heterocycles. The quantitative estimate of drug-likeness (QED) is 0.837. The van der Waals surface area contributed by atoms with Crippen LogP contribution in [0.25, 0.3) is 0 Å². The van der Waals surface area contributed by atoms with Gasteiger partial charge < -0.3 is 0 Å². The fraction of sp³-hybridized carbons (Fsp3) is 0.176. The molecule has 20 heavy (non-hydrogen) atoms. The average molecular weight is 264 g/mol. The molecule has 3 nitrogen and oxygen atoms in total. The van der Waals surface area contributed by atoms with Gasteiger partial charge in [0, 0.05) is 5.71 Å². The molecule has 2 aromatic carbocycles. The normalized spacial score (nSPS) is 18.2. The lowest BCUT2D eigenvalue weighted by molar-refractivity contribution is -0.119. The second kappa shape index (κ2) is 5.29. The van der Waals surface area contributed by atoms with Gasteiger partial charge in [-0.15, -0.1) is 0 Å². The van der Waals surface area contributed by atoms with Crippen molar-refractivity contribution in [1.82, 2.24) is 0 Å². The number of rotatable bonds is 3. The van der Waals surface area contributed by atoms with Gasteiger partial charge in [-0.1, -0.05) is 48.5 Å². The van der Waals surface area contributed by atoms with Gasteiger partial charge in [0.1, 0.15) is 0 Å². The number of anilines is 1. The number of amides is 1. The summed E-state index contributed by atoms with van der Waals surface area (Å²) in [4.78, 5) is 12.5. The van der Waals surface area contributed by atoms with Crippen LogP contribution in [0.3, 0.4) is 0 Å². The summed E-state index contributed by atoms with van der Waals surface area (Å²) < 4.78 is 0. The number of hydrogen-bond acceptors (Lipinski definition) is 2. The van der Waals surface area contributed by atoms with E-state index in [2.05, 4.69) is 5.10 Å². The number of carbonyl (C=O) groups excluding carboxylic acids is 1. The first-order valence-electron chi connectivity index (χ1n) is 6.74. The van der Waals surface area contributed by atoms with Crippen molar-refractivity contribution in [2.75, 3.05) is 5.01 Å². The molecule has 3 heteroatoms. The van der Waals surface area contributed by atoms with Gasteiger partial charge in [0.05, 0.1) is 11.6 Å². The second-order valence-electron chi connectivity index (χ2n) is 4.97. The fourth-order valence-corrected chi connectivity index (χ4v) is 2.44. The maximum absolute atomic E-state index is 12.5. The zero-order chi connectivity index (χ0) is 13.9. The zero-order valence-electron chi connectivity index (χ0n) is 11.4. The third-order valence-electron chi connectivity index (χ3n) is 3.55. The van der Waals surface area contributed by atoms with Gasteiger partial charge in [-0.25, -0.2) is 5.01 Å². The molecule has 0 radical (unpaired) electrons. The molecule has 0 fully saturated rings. The van der Waals surface area contributed by atoms with Crippen LogP contribution in [-0.2, 0) is 11.2 Å². The maximum atomic E-state index is 12.5. The van der Waals surface area contributed by atoms with Gasteiger partial charge in [0.15, 0.2) is 0 Å². The van der Waals surface area contributed by atoms with E-state index in [-0.39, 0.29) is 11.8 Å². The summed E-state index contributed by atoms with van der Waals surface area (Å²) in [6.45, 7) is 1.93. The third kappa shape index (κ3) is 2.35. The first-order chi connectivity index (χ1) is 9.75. The molecule has 3 rings (SSSR count). The first-order valence-corrected chi connectivity index (χ1v) is 6.74. The molecule has 0 unspecified atom stereocenters. The van der Waals surface area contributed by atoms with E-state index >= 15 is 0 Å². The second-order valence-corrected chi connectivity index (χ2v) is 4.97. The zero-order valence-corrected chi connectivity index (χ0v) is 11.4. The van der Waals surface area contributed by atoms with E-state index < -0.39 is 0 Å². The van der Waals surface area contributed by atoms with Crippen LogP contribution >= 0.6 is 0 Å². The van der Waals surface area contributed by atoms with Gasteiger partial charge in [-0.05, 0) is 31.0 Å². The summed E-state index contributed by atoms with van der Waals surface area (Å²) in [6, 6.07) is 19.6. The summed E-state index contributed by atoms with van der Waals surface area (Å²) >= 11 is 0. The number of para-hydroxylation sites is 1. The lowest BCUT2D eigenvalue weighted by Gasteiger charge is -2.14. The molecule has 0 saturated heterocycles. The number of nitrogens with zero attached hydrogens (tertiary/aromatic N) is 2. The highest BCUT2D eigenvalue weighted by molar-refractivity contribution is 6.14. The Labute approximate surface area is 118 Å². The number of carbonyl (C=O) groups is 1. The molecule has 0 saturated carbocycles. The van der Waals surface area contributed by atoms with Gasteiger partial charge >= 0.3 is 0 Å². The smallest absolute Gasteiger partial charge is 0.256 e. The lowest BCUT2D eigenvalue weighted by Crippen LogP contribution is -2.28. The molecule has 0 bridgehead atoms. The summed E-state index contributed by atoms with van der Waals surface area (Å²) in [6.07, 6.45) is 0.707. The predicted octanol–water partition coefficient (Wildman–Crippen LogP) is 3.27. The minimum Gasteiger partial charge on any atom is -0.272 e. The number of hydrazone groups is 1. The first kappa shape index (κ1) is 12.6. The van der Waals surface area contributed by atoms with Crippen LogP contribution in [0.1, 0.15) is 12.5 Å². The Hall–Kier alpha value is -2.42. The van der Waals surface area contributed by atoms with Crippen molar-refractivity contribution in [3.8, 4) is 0 Å². The van der Waals surface area contributed by atoms with Gasteiger partial charge in [0.25, 0.3) is 5.91 Å². The highest BCUT2D eigenvalue weighted by atomic mass is 16.2. The minimum atomic E-state index is -0.155. The molecule has 0 N–H and O–H groups in total. The molecular formula is C17H16N2O. The summed E-state index contributed by atoms with van der Waals surface area (Å²) in [5.41, 5.74) is 2.87. The van der Waals surface area contributed by atoms with Crippen molar-refractivity contribution in [1.29, 1.82) is 0 Å². The molecule has 1 heterocycles. The predicted molar refractivity (Wildman–Crippen MR) is 80.7 cm³/mol.